The van der Waals surface area contributed by atoms with Crippen molar-refractivity contribution >= 4 is 16.0 Å². The van der Waals surface area contributed by atoms with Crippen molar-refractivity contribution in [3.63, 3.8) is 0 Å². The zero-order chi connectivity index (χ0) is 19.4. The van der Waals surface area contributed by atoms with Crippen LogP contribution in [-0.4, -0.2) is 24.6 Å². The Balaban J connectivity index is 1.64. The first-order valence-corrected chi connectivity index (χ1v) is 9.46. The number of sulfonamides is 1. The predicted molar refractivity (Wildman–Crippen MR) is 92.0 cm³/mol. The van der Waals surface area contributed by atoms with Crippen molar-refractivity contribution in [1.29, 1.82) is 0 Å². The summed E-state index contributed by atoms with van der Waals surface area (Å²) in [6.45, 7) is 3.26. The molecule has 0 saturated carbocycles. The van der Waals surface area contributed by atoms with E-state index in [2.05, 4.69) is 14.9 Å². The molecule has 1 atom stereocenters. The van der Waals surface area contributed by atoms with Gasteiger partial charge in [-0.05, 0) is 43.3 Å². The van der Waals surface area contributed by atoms with Crippen molar-refractivity contribution in [2.24, 2.45) is 0 Å². The Kier molecular flexibility index (Phi) is 5.38. The van der Waals surface area contributed by atoms with Gasteiger partial charge in [-0.1, -0.05) is 0 Å². The van der Waals surface area contributed by atoms with E-state index in [1.54, 1.807) is 26.0 Å². The van der Waals surface area contributed by atoms with E-state index in [0.717, 1.165) is 0 Å². The van der Waals surface area contributed by atoms with Gasteiger partial charge in [-0.2, -0.15) is 0 Å². The Hall–Kier alpha value is -2.98. The summed E-state index contributed by atoms with van der Waals surface area (Å²) in [5, 5.41) is 7.47. The fourth-order valence-corrected chi connectivity index (χ4v) is 3.18. The van der Waals surface area contributed by atoms with Gasteiger partial charge in [0.2, 0.25) is 15.9 Å². The molecule has 9 nitrogen and oxygen atoms in total. The number of ether oxygens (including phenoxy) is 1. The number of nitrogens with one attached hydrogen (secondary N) is 1. The van der Waals surface area contributed by atoms with Crippen LogP contribution < -0.4 is 4.72 Å². The van der Waals surface area contributed by atoms with Gasteiger partial charge in [-0.25, -0.2) is 17.9 Å². The van der Waals surface area contributed by atoms with Crippen LogP contribution in [0.3, 0.4) is 0 Å². The first-order chi connectivity index (χ1) is 12.8. The minimum Gasteiger partial charge on any atom is -0.468 e. The zero-order valence-corrected chi connectivity index (χ0v) is 15.4. The van der Waals surface area contributed by atoms with Crippen molar-refractivity contribution in [1.82, 2.24) is 14.9 Å². The molecule has 0 saturated heterocycles. The standard InChI is InChI=1S/C17H17N3O6S/c1-11(16-20-19-12(2)26-16)25-17(21)13-5-7-15(8-6-13)27(22,23)18-10-14-4-3-9-24-14/h3-9,11,18H,10H2,1-2H3. The van der Waals surface area contributed by atoms with Crippen molar-refractivity contribution in [2.75, 3.05) is 0 Å². The number of hydrogen-bond donors (Lipinski definition) is 1. The summed E-state index contributed by atoms with van der Waals surface area (Å²) in [6, 6.07) is 8.71. The molecule has 142 valence electrons. The van der Waals surface area contributed by atoms with Crippen LogP contribution in [0.15, 0.2) is 56.4 Å². The number of hydrogen-bond acceptors (Lipinski definition) is 8. The summed E-state index contributed by atoms with van der Waals surface area (Å²) in [5.41, 5.74) is 0.197. The van der Waals surface area contributed by atoms with Gasteiger partial charge < -0.3 is 13.6 Å². The molecule has 0 bridgehead atoms. The van der Waals surface area contributed by atoms with Crippen molar-refractivity contribution in [2.45, 2.75) is 31.4 Å². The van der Waals surface area contributed by atoms with E-state index in [1.165, 1.54) is 30.5 Å². The van der Waals surface area contributed by atoms with E-state index in [4.69, 9.17) is 13.6 Å². The van der Waals surface area contributed by atoms with E-state index in [-0.39, 0.29) is 22.9 Å². The first kappa shape index (κ1) is 18.8. The third-order valence-electron chi connectivity index (χ3n) is 3.59. The van der Waals surface area contributed by atoms with Crippen LogP contribution in [0.25, 0.3) is 0 Å². The molecule has 0 radical (unpaired) electrons. The molecule has 2 heterocycles. The molecule has 0 amide bonds. The zero-order valence-electron chi connectivity index (χ0n) is 14.6. The highest BCUT2D eigenvalue weighted by atomic mass is 32.2. The van der Waals surface area contributed by atoms with Gasteiger partial charge in [0.25, 0.3) is 5.89 Å². The number of carbonyl (C=O) groups is 1. The lowest BCUT2D eigenvalue weighted by atomic mass is 10.2. The normalized spacial score (nSPS) is 12.7. The molecule has 0 aliphatic rings. The predicted octanol–water partition coefficient (Wildman–Crippen LogP) is 2.37. The molecule has 1 unspecified atom stereocenters. The van der Waals surface area contributed by atoms with Crippen LogP contribution >= 0.6 is 0 Å². The van der Waals surface area contributed by atoms with E-state index >= 15 is 0 Å². The van der Waals surface area contributed by atoms with Crippen LogP contribution in [-0.2, 0) is 21.3 Å². The summed E-state index contributed by atoms with van der Waals surface area (Å²) in [7, 11) is -3.74. The van der Waals surface area contributed by atoms with Crippen molar-refractivity contribution < 1.29 is 26.8 Å². The first-order valence-electron chi connectivity index (χ1n) is 7.98. The molecule has 1 aromatic carbocycles. The lowest BCUT2D eigenvalue weighted by Crippen LogP contribution is -2.23. The average molecular weight is 391 g/mol. The molecule has 1 N–H and O–H groups in total. The number of aromatic nitrogens is 2. The van der Waals surface area contributed by atoms with Gasteiger partial charge in [-0.3, -0.25) is 0 Å². The Morgan fingerprint density at radius 1 is 1.22 bits per heavy atom. The van der Waals surface area contributed by atoms with Gasteiger partial charge in [0.15, 0.2) is 6.10 Å². The quantitative estimate of drug-likeness (QED) is 0.609. The molecule has 0 aliphatic carbocycles. The lowest BCUT2D eigenvalue weighted by molar-refractivity contribution is 0.0276. The molecule has 0 aliphatic heterocycles. The largest absolute Gasteiger partial charge is 0.468 e. The SMILES string of the molecule is Cc1nnc(C(C)OC(=O)c2ccc(S(=O)(=O)NCc3ccco3)cc2)o1. The number of aryl methyl sites for hydroxylation is 1. The van der Waals surface area contributed by atoms with Gasteiger partial charge in [0.1, 0.15) is 5.76 Å². The summed E-state index contributed by atoms with van der Waals surface area (Å²) in [6.07, 6.45) is 0.734. The molecular formula is C17H17N3O6S. The molecule has 0 spiro atoms. The van der Waals surface area contributed by atoms with Crippen LogP contribution in [0.4, 0.5) is 0 Å². The topological polar surface area (TPSA) is 125 Å². The Morgan fingerprint density at radius 3 is 2.56 bits per heavy atom. The Bertz CT molecular complexity index is 1010. The minimum absolute atomic E-state index is 0.0196. The minimum atomic E-state index is -3.74. The summed E-state index contributed by atoms with van der Waals surface area (Å²) >= 11 is 0. The summed E-state index contributed by atoms with van der Waals surface area (Å²) in [4.78, 5) is 12.2. The van der Waals surface area contributed by atoms with E-state index < -0.39 is 22.1 Å². The molecule has 10 heteroatoms. The third kappa shape index (κ3) is 4.60. The summed E-state index contributed by atoms with van der Waals surface area (Å²) in [5.74, 6) is 0.404. The Labute approximate surface area is 155 Å². The smallest absolute Gasteiger partial charge is 0.338 e. The van der Waals surface area contributed by atoms with Crippen molar-refractivity contribution in [3.05, 3.63) is 65.8 Å². The molecule has 27 heavy (non-hydrogen) atoms. The lowest BCUT2D eigenvalue weighted by Gasteiger charge is -2.10. The van der Waals surface area contributed by atoms with Crippen LogP contribution in [0.5, 0.6) is 0 Å². The molecule has 0 fully saturated rings. The second-order valence-electron chi connectivity index (χ2n) is 5.64. The monoisotopic (exact) mass is 391 g/mol. The van der Waals surface area contributed by atoms with E-state index in [9.17, 15) is 13.2 Å². The molecule has 3 rings (SSSR count). The highest BCUT2D eigenvalue weighted by Gasteiger charge is 2.20. The van der Waals surface area contributed by atoms with Gasteiger partial charge in [0.05, 0.1) is 23.3 Å². The molecule has 3 aromatic rings. The number of nitrogens with zero attached hydrogens (tertiary/aromatic N) is 2. The highest BCUT2D eigenvalue weighted by molar-refractivity contribution is 7.89. The van der Waals surface area contributed by atoms with E-state index in [0.29, 0.717) is 11.7 Å². The number of benzene rings is 1. The second kappa shape index (κ2) is 7.72. The number of rotatable bonds is 7. The maximum Gasteiger partial charge on any atom is 0.338 e. The summed E-state index contributed by atoms with van der Waals surface area (Å²) < 4.78 is 42.5. The fraction of sp³-hybridized carbons (Fsp3) is 0.235. The van der Waals surface area contributed by atoms with Gasteiger partial charge in [-0.15, -0.1) is 10.2 Å². The number of furan rings is 1. The Morgan fingerprint density at radius 2 is 1.96 bits per heavy atom. The highest BCUT2D eigenvalue weighted by Crippen LogP contribution is 2.18. The van der Waals surface area contributed by atoms with Crippen LogP contribution in [0.2, 0.25) is 0 Å². The van der Waals surface area contributed by atoms with Crippen molar-refractivity contribution in [3.8, 4) is 0 Å². The molecular weight excluding hydrogens is 374 g/mol. The van der Waals surface area contributed by atoms with Crippen LogP contribution in [0.1, 0.15) is 40.9 Å². The average Bonchev–Trinajstić information content (AvgIpc) is 3.31. The second-order valence-corrected chi connectivity index (χ2v) is 7.40. The third-order valence-corrected chi connectivity index (χ3v) is 5.01. The maximum absolute atomic E-state index is 12.3. The van der Waals surface area contributed by atoms with Crippen LogP contribution in [0, 0.1) is 6.92 Å². The maximum atomic E-state index is 12.3. The van der Waals surface area contributed by atoms with E-state index in [1.807, 2.05) is 0 Å². The molecule has 2 aromatic heterocycles. The number of esters is 1. The van der Waals surface area contributed by atoms with Gasteiger partial charge in [0, 0.05) is 6.92 Å². The van der Waals surface area contributed by atoms with Gasteiger partial charge >= 0.3 is 5.97 Å². The fourth-order valence-electron chi connectivity index (χ4n) is 2.19. The number of carbonyl (C=O) groups excluding carboxylic acids is 1.